The molecule has 0 aliphatic heterocycles. The van der Waals surface area contributed by atoms with Gasteiger partial charge in [0.25, 0.3) is 0 Å². The van der Waals surface area contributed by atoms with Crippen LogP contribution in [0.4, 0.5) is 5.13 Å². The molecule has 3 aromatic carbocycles. The number of hydrogen-bond donors (Lipinski definition) is 1. The predicted molar refractivity (Wildman–Crippen MR) is 104 cm³/mol. The molecule has 0 aliphatic carbocycles. The van der Waals surface area contributed by atoms with Gasteiger partial charge in [0, 0.05) is 0 Å². The van der Waals surface area contributed by atoms with Gasteiger partial charge >= 0.3 is 165 Å². The topological polar surface area (TPSA) is 51.2 Å². The van der Waals surface area contributed by atoms with E-state index in [1.54, 1.807) is 7.11 Å². The normalized spacial score (nSPS) is 10.9. The molecule has 0 unspecified atom stereocenters. The van der Waals surface area contributed by atoms with Crippen molar-refractivity contribution in [2.45, 2.75) is 0 Å². The molecule has 1 N–H and O–H groups in total. The summed E-state index contributed by atoms with van der Waals surface area (Å²) < 4.78 is 8.85. The van der Waals surface area contributed by atoms with Crippen molar-refractivity contribution >= 4 is 32.6 Å². The van der Waals surface area contributed by atoms with Crippen molar-refractivity contribution in [3.05, 3.63) is 85.5 Å². The van der Waals surface area contributed by atoms with Crippen molar-refractivity contribution in [3.8, 4) is 5.75 Å². The molecule has 4 rings (SSSR count). The Kier molecular flexibility index (Phi) is 5.35. The zero-order chi connectivity index (χ0) is 18.6. The quantitative estimate of drug-likeness (QED) is 0.436. The van der Waals surface area contributed by atoms with Crippen molar-refractivity contribution in [2.24, 2.45) is 0 Å². The molecule has 0 saturated heterocycles. The van der Waals surface area contributed by atoms with E-state index in [1.807, 2.05) is 48.5 Å². The summed E-state index contributed by atoms with van der Waals surface area (Å²) in [5.41, 5.74) is 1.48. The van der Waals surface area contributed by atoms with Crippen LogP contribution in [0.25, 0.3) is 10.2 Å². The fourth-order valence-electron chi connectivity index (χ4n) is 2.52. The monoisotopic (exact) mass is 487 g/mol. The maximum absolute atomic E-state index is 12.5. The van der Waals surface area contributed by atoms with Crippen LogP contribution in [0.15, 0.2) is 72.8 Å². The summed E-state index contributed by atoms with van der Waals surface area (Å²) in [6, 6.07) is 24.0. The molecule has 4 aromatic rings. The Labute approximate surface area is 171 Å². The summed E-state index contributed by atoms with van der Waals surface area (Å²) in [4.78, 5) is 17.0. The van der Waals surface area contributed by atoms with Gasteiger partial charge in [-0.15, -0.1) is 0 Å². The number of anilines is 1. The van der Waals surface area contributed by atoms with Crippen LogP contribution in [0.1, 0.15) is 10.4 Å². The van der Waals surface area contributed by atoms with Crippen LogP contribution in [0, 0.1) is 7.14 Å². The summed E-state index contributed by atoms with van der Waals surface area (Å²) in [6.45, 7) is 0. The molecule has 6 heteroatoms. The summed E-state index contributed by atoms with van der Waals surface area (Å²) >= 11 is 1.21. The molecule has 4 nitrogen and oxygen atoms in total. The van der Waals surface area contributed by atoms with E-state index in [2.05, 4.69) is 34.6 Å². The van der Waals surface area contributed by atoms with Crippen LogP contribution in [0.3, 0.4) is 0 Å². The van der Waals surface area contributed by atoms with Gasteiger partial charge in [-0.1, -0.05) is 0 Å². The molecule has 0 spiro atoms. The van der Waals surface area contributed by atoms with Gasteiger partial charge in [0.15, 0.2) is 0 Å². The number of nitrogens with one attached hydrogen (secondary N) is 1. The number of halogens is 1. The van der Waals surface area contributed by atoms with Crippen LogP contribution >= 0.6 is 11.3 Å². The fourth-order valence-corrected chi connectivity index (χ4v) is 5.63. The first-order chi connectivity index (χ1) is 13.2. The van der Waals surface area contributed by atoms with Crippen LogP contribution in [0.2, 0.25) is 0 Å². The second-order valence-electron chi connectivity index (χ2n) is 5.70. The molecular formula is C21H16IN2O2S-. The van der Waals surface area contributed by atoms with Crippen molar-refractivity contribution in [1.29, 1.82) is 0 Å². The number of carbonyl (C=O) groups excluding carboxylic acids is 1. The third-order valence-corrected chi connectivity index (χ3v) is 7.49. The summed E-state index contributed by atoms with van der Waals surface area (Å²) in [7, 11) is 1.63. The Hall–Kier alpha value is -2.45. The number of nitrogens with zero attached hydrogens (tertiary/aromatic N) is 1. The van der Waals surface area contributed by atoms with Gasteiger partial charge in [-0.05, 0) is 0 Å². The first kappa shape index (κ1) is 17.9. The molecule has 0 bridgehead atoms. The Morgan fingerprint density at radius 1 is 1.00 bits per heavy atom. The number of benzene rings is 3. The second-order valence-corrected chi connectivity index (χ2v) is 9.77. The molecule has 0 fully saturated rings. The molecule has 1 aromatic heterocycles. The first-order valence-corrected chi connectivity index (χ1v) is 11.2. The predicted octanol–water partition coefficient (Wildman–Crippen LogP) is 1.69. The summed E-state index contributed by atoms with van der Waals surface area (Å²) in [6.07, 6.45) is 0. The number of rotatable bonds is 5. The van der Waals surface area contributed by atoms with Crippen LogP contribution < -0.4 is 31.3 Å². The van der Waals surface area contributed by atoms with E-state index in [0.717, 1.165) is 16.0 Å². The maximum atomic E-state index is 12.5. The van der Waals surface area contributed by atoms with E-state index < -0.39 is 0 Å². The number of methoxy groups -OCH3 is 1. The van der Waals surface area contributed by atoms with E-state index in [1.165, 1.54) is 18.5 Å². The average Bonchev–Trinajstić information content (AvgIpc) is 3.10. The summed E-state index contributed by atoms with van der Waals surface area (Å²) in [5.74, 6) is 0.631. The van der Waals surface area contributed by atoms with Crippen LogP contribution in [0.5, 0.6) is 5.75 Å². The van der Waals surface area contributed by atoms with E-state index in [4.69, 9.17) is 4.74 Å². The van der Waals surface area contributed by atoms with Crippen molar-refractivity contribution in [3.63, 3.8) is 0 Å². The Bertz CT molecular complexity index is 1080. The van der Waals surface area contributed by atoms with Crippen LogP contribution in [-0.4, -0.2) is 18.0 Å². The Balaban J connectivity index is 1.46. The number of thiazole rings is 1. The standard InChI is InChI=1S/C21H16IN2O2S/c1-26-17-11-12-18-19(13-17)27-21(23-18)24-20(25)14-7-9-16(10-8-14)22-15-5-3-2-4-6-15/h2-13H,1H3,(H,23,24,25)/q-1. The van der Waals surface area contributed by atoms with Crippen LogP contribution in [-0.2, 0) is 0 Å². The first-order valence-electron chi connectivity index (χ1n) is 8.27. The van der Waals surface area contributed by atoms with Crippen molar-refractivity contribution in [1.82, 2.24) is 4.98 Å². The van der Waals surface area contributed by atoms with Crippen molar-refractivity contribution < 1.29 is 30.7 Å². The minimum absolute atomic E-state index is 0.148. The molecule has 0 aliphatic rings. The zero-order valence-electron chi connectivity index (χ0n) is 14.5. The number of hydrogen-bond acceptors (Lipinski definition) is 4. The van der Waals surface area contributed by atoms with E-state index in [-0.39, 0.29) is 27.1 Å². The third kappa shape index (κ3) is 4.28. The van der Waals surface area contributed by atoms with Gasteiger partial charge in [-0.25, -0.2) is 0 Å². The molecule has 0 atom stereocenters. The third-order valence-electron chi connectivity index (χ3n) is 3.87. The van der Waals surface area contributed by atoms with Crippen molar-refractivity contribution in [2.75, 3.05) is 12.4 Å². The van der Waals surface area contributed by atoms with E-state index >= 15 is 0 Å². The van der Waals surface area contributed by atoms with Gasteiger partial charge < -0.3 is 0 Å². The molecule has 1 amide bonds. The summed E-state index contributed by atoms with van der Waals surface area (Å²) in [5, 5.41) is 3.48. The second kappa shape index (κ2) is 8.06. The molecule has 0 radical (unpaired) electrons. The van der Waals surface area contributed by atoms with Gasteiger partial charge in [-0.2, -0.15) is 0 Å². The minimum atomic E-state index is -0.226. The SMILES string of the molecule is COc1ccc2nc(NC(=O)c3ccc([I-]c4ccccc4)cc3)sc2c1. The van der Waals surface area contributed by atoms with E-state index in [9.17, 15) is 4.79 Å². The van der Waals surface area contributed by atoms with Gasteiger partial charge in [0.1, 0.15) is 0 Å². The molecular weight excluding hydrogens is 471 g/mol. The number of ether oxygens (including phenoxy) is 1. The number of aromatic nitrogens is 1. The molecule has 27 heavy (non-hydrogen) atoms. The molecule has 1 heterocycles. The molecule has 0 saturated carbocycles. The average molecular weight is 487 g/mol. The number of amides is 1. The number of carbonyl (C=O) groups is 1. The van der Waals surface area contributed by atoms with E-state index in [0.29, 0.717) is 10.7 Å². The Morgan fingerprint density at radius 2 is 1.74 bits per heavy atom. The number of fused-ring (bicyclic) bond motifs is 1. The van der Waals surface area contributed by atoms with Gasteiger partial charge in [0.2, 0.25) is 0 Å². The Morgan fingerprint density at radius 3 is 2.48 bits per heavy atom. The molecule has 136 valence electrons. The zero-order valence-corrected chi connectivity index (χ0v) is 17.5. The van der Waals surface area contributed by atoms with Gasteiger partial charge in [-0.3, -0.25) is 0 Å². The fraction of sp³-hybridized carbons (Fsp3) is 0.0476. The van der Waals surface area contributed by atoms with Gasteiger partial charge in [0.05, 0.1) is 7.11 Å².